The summed E-state index contributed by atoms with van der Waals surface area (Å²) >= 11 is 0. The van der Waals surface area contributed by atoms with Crippen LogP contribution in [0.5, 0.6) is 0 Å². The maximum atomic E-state index is 8.77. The molecule has 74 valence electrons. The van der Waals surface area contributed by atoms with Crippen molar-refractivity contribution in [3.63, 3.8) is 0 Å². The lowest BCUT2D eigenvalue weighted by molar-refractivity contribution is 0.239. The average Bonchev–Trinajstić information content (AvgIpc) is 2.68. The van der Waals surface area contributed by atoms with Gasteiger partial charge in [-0.05, 0) is 6.92 Å². The number of nitrogens with zero attached hydrogens (tertiary/aromatic N) is 1. The largest absolute Gasteiger partial charge is 0.438 e. The molecule has 0 aliphatic heterocycles. The summed E-state index contributed by atoms with van der Waals surface area (Å²) in [6, 6.07) is 0. The monoisotopic (exact) mass is 191 g/mol. The molecular weight excluding hydrogens is 178 g/mol. The van der Waals surface area contributed by atoms with Crippen molar-refractivity contribution in [3.05, 3.63) is 48.7 Å². The molecule has 0 spiro atoms. The van der Waals surface area contributed by atoms with E-state index in [9.17, 15) is 0 Å². The Morgan fingerprint density at radius 1 is 1.71 bits per heavy atom. The Balaban J connectivity index is 2.94. The average molecular weight is 191 g/mol. The van der Waals surface area contributed by atoms with Gasteiger partial charge in [0.25, 0.3) is 0 Å². The number of aromatic nitrogens is 1. The van der Waals surface area contributed by atoms with Gasteiger partial charge in [0.05, 0.1) is 6.20 Å². The molecule has 0 bridgehead atoms. The van der Waals surface area contributed by atoms with Crippen LogP contribution in [0.15, 0.2) is 41.5 Å². The quantitative estimate of drug-likeness (QED) is 0.743. The number of aliphatic hydroxyl groups is 1. The second-order valence-corrected chi connectivity index (χ2v) is 2.63. The molecule has 3 nitrogen and oxygen atoms in total. The summed E-state index contributed by atoms with van der Waals surface area (Å²) in [5.74, 6) is 0.926. The van der Waals surface area contributed by atoms with Crippen LogP contribution in [-0.4, -0.2) is 10.1 Å². The highest BCUT2D eigenvalue weighted by Crippen LogP contribution is 2.16. The first-order valence-corrected chi connectivity index (χ1v) is 4.33. The molecule has 0 aromatic carbocycles. The van der Waals surface area contributed by atoms with E-state index in [1.807, 2.05) is 25.2 Å². The molecule has 0 fully saturated rings. The summed E-state index contributed by atoms with van der Waals surface area (Å²) in [5, 5.41) is 8.77. The van der Waals surface area contributed by atoms with Crippen molar-refractivity contribution in [3.8, 4) is 0 Å². The van der Waals surface area contributed by atoms with Crippen LogP contribution >= 0.6 is 0 Å². The zero-order valence-electron chi connectivity index (χ0n) is 8.10. The van der Waals surface area contributed by atoms with Crippen molar-refractivity contribution < 1.29 is 9.52 Å². The van der Waals surface area contributed by atoms with Crippen LogP contribution in [0, 0.1) is 0 Å². The fourth-order valence-electron chi connectivity index (χ4n) is 0.967. The lowest BCUT2D eigenvalue weighted by Crippen LogP contribution is -1.78. The molecule has 0 atom stereocenters. The van der Waals surface area contributed by atoms with Gasteiger partial charge in [-0.15, -0.1) is 0 Å². The fraction of sp³-hybridized carbons (Fsp3) is 0.182. The summed E-state index contributed by atoms with van der Waals surface area (Å²) in [6.07, 6.45) is 8.92. The number of hydrogen-bond donors (Lipinski definition) is 1. The third-order valence-corrected chi connectivity index (χ3v) is 1.66. The highest BCUT2D eigenvalue weighted by molar-refractivity contribution is 5.70. The molecule has 0 radical (unpaired) electrons. The Labute approximate surface area is 83.1 Å². The molecule has 1 heterocycles. The Morgan fingerprint density at radius 2 is 2.50 bits per heavy atom. The van der Waals surface area contributed by atoms with Crippen molar-refractivity contribution in [2.45, 2.75) is 13.5 Å². The summed E-state index contributed by atoms with van der Waals surface area (Å²) < 4.78 is 5.25. The number of oxazole rings is 1. The molecule has 1 aromatic heterocycles. The third kappa shape index (κ3) is 2.44. The van der Waals surface area contributed by atoms with Gasteiger partial charge >= 0.3 is 0 Å². The minimum absolute atomic E-state index is 0.186. The molecule has 0 unspecified atom stereocenters. The van der Waals surface area contributed by atoms with Gasteiger partial charge in [-0.1, -0.05) is 30.9 Å². The smallest absolute Gasteiger partial charge is 0.220 e. The van der Waals surface area contributed by atoms with Crippen LogP contribution < -0.4 is 0 Å². The van der Waals surface area contributed by atoms with Crippen LogP contribution in [0.3, 0.4) is 0 Å². The Kier molecular flexibility index (Phi) is 3.88. The SMILES string of the molecule is C=C/C(=C\C=C/C)c1cnc(CO)o1. The van der Waals surface area contributed by atoms with Gasteiger partial charge in [0.2, 0.25) is 5.89 Å². The zero-order valence-corrected chi connectivity index (χ0v) is 8.10. The van der Waals surface area contributed by atoms with Crippen molar-refractivity contribution in [1.29, 1.82) is 0 Å². The van der Waals surface area contributed by atoms with Crippen LogP contribution in [0.1, 0.15) is 18.6 Å². The van der Waals surface area contributed by atoms with E-state index in [4.69, 9.17) is 9.52 Å². The molecule has 0 amide bonds. The summed E-state index contributed by atoms with van der Waals surface area (Å²) in [4.78, 5) is 3.88. The number of aliphatic hydroxyl groups excluding tert-OH is 1. The summed E-state index contributed by atoms with van der Waals surface area (Å²) in [6.45, 7) is 5.41. The highest BCUT2D eigenvalue weighted by atomic mass is 16.4. The molecule has 14 heavy (non-hydrogen) atoms. The molecule has 0 aliphatic carbocycles. The van der Waals surface area contributed by atoms with Crippen LogP contribution in [0.2, 0.25) is 0 Å². The van der Waals surface area contributed by atoms with Crippen molar-refractivity contribution in [1.82, 2.24) is 4.98 Å². The zero-order chi connectivity index (χ0) is 10.4. The number of allylic oxidation sites excluding steroid dienone is 5. The lowest BCUT2D eigenvalue weighted by atomic mass is 10.2. The minimum atomic E-state index is -0.186. The maximum Gasteiger partial charge on any atom is 0.220 e. The molecule has 1 aromatic rings. The van der Waals surface area contributed by atoms with E-state index in [0.717, 1.165) is 5.57 Å². The Bertz CT molecular complexity index is 361. The Morgan fingerprint density at radius 3 is 3.00 bits per heavy atom. The van der Waals surface area contributed by atoms with E-state index in [1.165, 1.54) is 0 Å². The molecule has 1 N–H and O–H groups in total. The Hall–Kier alpha value is -1.61. The van der Waals surface area contributed by atoms with Gasteiger partial charge < -0.3 is 9.52 Å². The van der Waals surface area contributed by atoms with E-state index in [1.54, 1.807) is 12.3 Å². The van der Waals surface area contributed by atoms with E-state index in [2.05, 4.69) is 11.6 Å². The minimum Gasteiger partial charge on any atom is -0.438 e. The fourth-order valence-corrected chi connectivity index (χ4v) is 0.967. The molecule has 0 saturated heterocycles. The van der Waals surface area contributed by atoms with E-state index < -0.39 is 0 Å². The normalized spacial score (nSPS) is 12.3. The van der Waals surface area contributed by atoms with Gasteiger partial charge in [0.15, 0.2) is 5.76 Å². The first-order valence-electron chi connectivity index (χ1n) is 4.33. The van der Waals surface area contributed by atoms with Crippen LogP contribution in [0.25, 0.3) is 5.57 Å². The van der Waals surface area contributed by atoms with Crippen LogP contribution in [-0.2, 0) is 6.61 Å². The first kappa shape index (κ1) is 10.5. The molecule has 3 heteroatoms. The molecular formula is C11H13NO2. The maximum absolute atomic E-state index is 8.77. The number of hydrogen-bond acceptors (Lipinski definition) is 3. The van der Waals surface area contributed by atoms with Gasteiger partial charge in [0.1, 0.15) is 6.61 Å². The molecule has 0 aliphatic rings. The van der Waals surface area contributed by atoms with Gasteiger partial charge in [-0.3, -0.25) is 0 Å². The van der Waals surface area contributed by atoms with E-state index >= 15 is 0 Å². The van der Waals surface area contributed by atoms with E-state index in [-0.39, 0.29) is 6.61 Å². The second kappa shape index (κ2) is 5.19. The third-order valence-electron chi connectivity index (χ3n) is 1.66. The number of rotatable bonds is 4. The van der Waals surface area contributed by atoms with Crippen molar-refractivity contribution in [2.24, 2.45) is 0 Å². The van der Waals surface area contributed by atoms with Gasteiger partial charge in [-0.2, -0.15) is 0 Å². The predicted octanol–water partition coefficient (Wildman–Crippen LogP) is 2.31. The predicted molar refractivity (Wildman–Crippen MR) is 55.4 cm³/mol. The summed E-state index contributed by atoms with van der Waals surface area (Å²) in [5.41, 5.74) is 0.843. The van der Waals surface area contributed by atoms with Crippen molar-refractivity contribution in [2.75, 3.05) is 0 Å². The first-order chi connectivity index (χ1) is 6.81. The molecule has 0 saturated carbocycles. The van der Waals surface area contributed by atoms with Gasteiger partial charge in [-0.25, -0.2) is 4.98 Å². The topological polar surface area (TPSA) is 46.3 Å². The van der Waals surface area contributed by atoms with Crippen LogP contribution in [0.4, 0.5) is 0 Å². The lowest BCUT2D eigenvalue weighted by Gasteiger charge is -1.93. The standard InChI is InChI=1S/C11H13NO2/c1-3-5-6-9(4-2)10-7-12-11(8-13)14-10/h3-7,13H,2,8H2,1H3/b5-3-,9-6+. The second-order valence-electron chi connectivity index (χ2n) is 2.63. The van der Waals surface area contributed by atoms with Gasteiger partial charge in [0, 0.05) is 5.57 Å². The summed E-state index contributed by atoms with van der Waals surface area (Å²) in [7, 11) is 0. The van der Waals surface area contributed by atoms with Crippen molar-refractivity contribution >= 4 is 5.57 Å². The molecule has 1 rings (SSSR count). The van der Waals surface area contributed by atoms with E-state index in [0.29, 0.717) is 11.7 Å². The highest BCUT2D eigenvalue weighted by Gasteiger charge is 2.04.